The first-order valence-electron chi connectivity index (χ1n) is 8.40. The topological polar surface area (TPSA) is 69.7 Å². The summed E-state index contributed by atoms with van der Waals surface area (Å²) in [6, 6.07) is 13.0. The van der Waals surface area contributed by atoms with Gasteiger partial charge < -0.3 is 0 Å². The molecule has 2 aromatic rings. The molecule has 2 aliphatic rings. The van der Waals surface area contributed by atoms with Crippen molar-refractivity contribution in [3.8, 4) is 0 Å². The van der Waals surface area contributed by atoms with E-state index in [-0.39, 0.29) is 17.1 Å². The molecule has 7 heteroatoms. The minimum Gasteiger partial charge on any atom is -0.293 e. The number of imide groups is 1. The highest BCUT2D eigenvalue weighted by molar-refractivity contribution is 6.34. The molecule has 27 heavy (non-hydrogen) atoms. The number of hydrogen-bond donors (Lipinski definition) is 1. The molecule has 2 aliphatic heterocycles. The zero-order chi connectivity index (χ0) is 19.3. The highest BCUT2D eigenvalue weighted by Crippen LogP contribution is 2.37. The number of Topliss-reactive ketones (excluding diaryl/α,β-unsaturated/α-hetero) is 1. The number of halogens is 1. The highest BCUT2D eigenvalue weighted by atomic mass is 35.5. The predicted molar refractivity (Wildman–Crippen MR) is 102 cm³/mol. The van der Waals surface area contributed by atoms with E-state index in [1.807, 2.05) is 31.2 Å². The number of hydrogen-bond acceptors (Lipinski definition) is 5. The van der Waals surface area contributed by atoms with Gasteiger partial charge in [0.25, 0.3) is 11.8 Å². The van der Waals surface area contributed by atoms with Crippen molar-refractivity contribution < 1.29 is 14.4 Å². The lowest BCUT2D eigenvalue weighted by atomic mass is 10.1. The van der Waals surface area contributed by atoms with E-state index in [9.17, 15) is 14.4 Å². The molecular formula is C20H16ClN3O3. The maximum Gasteiger partial charge on any atom is 0.266 e. The lowest BCUT2D eigenvalue weighted by Crippen LogP contribution is -2.46. The van der Waals surface area contributed by atoms with Crippen LogP contribution < -0.4 is 15.3 Å². The van der Waals surface area contributed by atoms with E-state index in [1.165, 1.54) is 6.92 Å². The number of amides is 2. The van der Waals surface area contributed by atoms with E-state index >= 15 is 0 Å². The first kappa shape index (κ1) is 17.3. The number of fused-ring (bicyclic) bond motifs is 1. The molecule has 1 saturated heterocycles. The molecule has 0 unspecified atom stereocenters. The maximum atomic E-state index is 13.2. The second-order valence-corrected chi connectivity index (χ2v) is 6.91. The van der Waals surface area contributed by atoms with Crippen LogP contribution in [-0.2, 0) is 14.4 Å². The van der Waals surface area contributed by atoms with Gasteiger partial charge in [0.05, 0.1) is 16.9 Å². The molecule has 0 aromatic heterocycles. The number of carbonyl (C=O) groups excluding carboxylic acids is 3. The van der Waals surface area contributed by atoms with Gasteiger partial charge in [-0.15, -0.1) is 0 Å². The van der Waals surface area contributed by atoms with Gasteiger partial charge in [-0.3, -0.25) is 24.8 Å². The van der Waals surface area contributed by atoms with Crippen molar-refractivity contribution in [3.05, 3.63) is 70.4 Å². The Morgan fingerprint density at radius 3 is 2.37 bits per heavy atom. The molecule has 2 heterocycles. The largest absolute Gasteiger partial charge is 0.293 e. The van der Waals surface area contributed by atoms with Gasteiger partial charge in [0.2, 0.25) is 0 Å². The first-order chi connectivity index (χ1) is 12.9. The van der Waals surface area contributed by atoms with Gasteiger partial charge >= 0.3 is 0 Å². The molecule has 136 valence electrons. The molecule has 1 atom stereocenters. The number of nitrogens with one attached hydrogen (secondary N) is 1. The van der Waals surface area contributed by atoms with Gasteiger partial charge in [-0.2, -0.15) is 0 Å². The quantitative estimate of drug-likeness (QED) is 0.828. The summed E-state index contributed by atoms with van der Waals surface area (Å²) in [4.78, 5) is 39.5. The normalized spacial score (nSPS) is 18.9. The van der Waals surface area contributed by atoms with Crippen LogP contribution in [0.5, 0.6) is 0 Å². The molecule has 6 nitrogen and oxygen atoms in total. The minimum atomic E-state index is -0.895. The van der Waals surface area contributed by atoms with Crippen LogP contribution in [0.4, 0.5) is 11.4 Å². The van der Waals surface area contributed by atoms with Crippen molar-refractivity contribution in [2.75, 3.05) is 9.91 Å². The molecule has 0 spiro atoms. The fourth-order valence-corrected chi connectivity index (χ4v) is 3.57. The molecule has 2 amide bonds. The van der Waals surface area contributed by atoms with Crippen LogP contribution in [0.3, 0.4) is 0 Å². The Kier molecular flexibility index (Phi) is 4.00. The zero-order valence-corrected chi connectivity index (χ0v) is 15.4. The fraction of sp³-hybridized carbons (Fsp3) is 0.150. The van der Waals surface area contributed by atoms with Crippen LogP contribution in [0.1, 0.15) is 12.5 Å². The summed E-state index contributed by atoms with van der Waals surface area (Å²) < 4.78 is 0. The monoisotopic (exact) mass is 381 g/mol. The number of benzene rings is 2. The Morgan fingerprint density at radius 1 is 1.07 bits per heavy atom. The molecule has 0 saturated carbocycles. The molecule has 1 fully saturated rings. The van der Waals surface area contributed by atoms with Crippen molar-refractivity contribution in [1.29, 1.82) is 0 Å². The third-order valence-corrected chi connectivity index (χ3v) is 4.98. The Labute approximate surface area is 161 Å². The fourth-order valence-electron chi connectivity index (χ4n) is 3.45. The van der Waals surface area contributed by atoms with Crippen molar-refractivity contribution in [2.45, 2.75) is 19.9 Å². The third kappa shape index (κ3) is 2.61. The molecule has 1 N–H and O–H groups in total. The number of para-hydroxylation sites is 1. The second-order valence-electron chi connectivity index (χ2n) is 6.47. The van der Waals surface area contributed by atoms with Gasteiger partial charge in [-0.25, -0.2) is 4.90 Å². The average molecular weight is 382 g/mol. The highest BCUT2D eigenvalue weighted by Gasteiger charge is 2.53. The summed E-state index contributed by atoms with van der Waals surface area (Å²) in [5, 5.41) is 2.10. The number of carbonyl (C=O) groups is 3. The predicted octanol–water partition coefficient (Wildman–Crippen LogP) is 2.76. The number of ketones is 1. The number of allylic oxidation sites excluding steroid dienone is 1. The summed E-state index contributed by atoms with van der Waals surface area (Å²) >= 11 is 5.91. The summed E-state index contributed by atoms with van der Waals surface area (Å²) in [5.74, 6) is -1.21. The Balaban J connectivity index is 1.84. The van der Waals surface area contributed by atoms with Crippen molar-refractivity contribution >= 4 is 40.6 Å². The average Bonchev–Trinajstić information content (AvgIpc) is 3.14. The van der Waals surface area contributed by atoms with E-state index in [0.29, 0.717) is 10.7 Å². The smallest absolute Gasteiger partial charge is 0.266 e. The Morgan fingerprint density at radius 2 is 1.74 bits per heavy atom. The van der Waals surface area contributed by atoms with Gasteiger partial charge in [0.15, 0.2) is 11.8 Å². The summed E-state index contributed by atoms with van der Waals surface area (Å²) in [6.45, 7) is 3.27. The Hall–Kier alpha value is -3.12. The van der Waals surface area contributed by atoms with E-state index in [0.717, 1.165) is 16.2 Å². The van der Waals surface area contributed by atoms with Crippen molar-refractivity contribution in [1.82, 2.24) is 5.43 Å². The molecule has 2 aromatic carbocycles. The van der Waals surface area contributed by atoms with Crippen LogP contribution in [0, 0.1) is 6.92 Å². The van der Waals surface area contributed by atoms with Gasteiger partial charge in [0.1, 0.15) is 5.70 Å². The molecular weight excluding hydrogens is 366 g/mol. The van der Waals surface area contributed by atoms with Crippen LogP contribution in [0.2, 0.25) is 5.02 Å². The molecule has 0 bridgehead atoms. The molecule has 0 aliphatic carbocycles. The summed E-state index contributed by atoms with van der Waals surface area (Å²) in [7, 11) is 0. The standard InChI is InChI=1S/C20H16ClN3O3/c1-11-5-3-4-6-15(11)24-18-16(17(22-24)12(2)25)19(26)23(20(18)27)14-9-7-13(21)8-10-14/h3-10,18,22H,1-2H3/t18-/m1/s1. The minimum absolute atomic E-state index is 0.151. The Bertz CT molecular complexity index is 1010. The lowest BCUT2D eigenvalue weighted by Gasteiger charge is -2.27. The zero-order valence-electron chi connectivity index (χ0n) is 14.7. The number of anilines is 2. The van der Waals surface area contributed by atoms with E-state index < -0.39 is 17.9 Å². The molecule has 4 rings (SSSR count). The summed E-state index contributed by atoms with van der Waals surface area (Å²) in [5.41, 5.74) is 5.36. The van der Waals surface area contributed by atoms with E-state index in [4.69, 9.17) is 11.6 Å². The molecule has 0 radical (unpaired) electrons. The lowest BCUT2D eigenvalue weighted by molar-refractivity contribution is -0.121. The van der Waals surface area contributed by atoms with Gasteiger partial charge in [0, 0.05) is 11.9 Å². The number of hydrazine groups is 1. The van der Waals surface area contributed by atoms with Crippen LogP contribution >= 0.6 is 11.6 Å². The third-order valence-electron chi connectivity index (χ3n) is 4.73. The number of aryl methyl sites for hydroxylation is 1. The van der Waals surface area contributed by atoms with Gasteiger partial charge in [-0.1, -0.05) is 29.8 Å². The first-order valence-corrected chi connectivity index (χ1v) is 8.78. The van der Waals surface area contributed by atoms with Crippen molar-refractivity contribution in [3.63, 3.8) is 0 Å². The van der Waals surface area contributed by atoms with Crippen LogP contribution in [-0.4, -0.2) is 23.6 Å². The van der Waals surface area contributed by atoms with Gasteiger partial charge in [-0.05, 0) is 42.8 Å². The summed E-state index contributed by atoms with van der Waals surface area (Å²) in [6.07, 6.45) is 0. The van der Waals surface area contributed by atoms with E-state index in [2.05, 4.69) is 5.43 Å². The SMILES string of the molecule is CC(=O)C1=C2C(=O)N(c3ccc(Cl)cc3)C(=O)[C@@H]2N(c2ccccc2C)N1. The second kappa shape index (κ2) is 6.25. The maximum absolute atomic E-state index is 13.2. The van der Waals surface area contributed by atoms with Crippen molar-refractivity contribution in [2.24, 2.45) is 0 Å². The van der Waals surface area contributed by atoms with Crippen LogP contribution in [0.25, 0.3) is 0 Å². The van der Waals surface area contributed by atoms with E-state index in [1.54, 1.807) is 29.3 Å². The van der Waals surface area contributed by atoms with Crippen LogP contribution in [0.15, 0.2) is 59.8 Å². The number of rotatable bonds is 3. The number of nitrogens with zero attached hydrogens (tertiary/aromatic N) is 2.